The molecule has 0 spiro atoms. The molecular weight excluding hydrogens is 415 g/mol. The van der Waals surface area contributed by atoms with Gasteiger partial charge in [-0.15, -0.1) is 0 Å². The van der Waals surface area contributed by atoms with E-state index in [4.69, 9.17) is 4.52 Å². The molecule has 0 saturated carbocycles. The average molecular weight is 445 g/mol. The van der Waals surface area contributed by atoms with Crippen molar-refractivity contribution in [1.29, 1.82) is 0 Å². The Hall–Kier alpha value is -3.23. The number of hydrogen-bond donors (Lipinski definition) is 1. The van der Waals surface area contributed by atoms with Crippen LogP contribution in [0.2, 0.25) is 0 Å². The summed E-state index contributed by atoms with van der Waals surface area (Å²) >= 11 is 0. The highest BCUT2D eigenvalue weighted by Crippen LogP contribution is 2.16. The Kier molecular flexibility index (Phi) is 7.27. The Morgan fingerprint density at radius 1 is 1.09 bits per heavy atom. The smallest absolute Gasteiger partial charge is 0.254 e. The Bertz CT molecular complexity index is 976. The third-order valence-electron chi connectivity index (χ3n) is 5.79. The van der Waals surface area contributed by atoms with Crippen molar-refractivity contribution in [1.82, 2.24) is 20.3 Å². The Morgan fingerprint density at radius 3 is 2.28 bits per heavy atom. The first-order valence-corrected chi connectivity index (χ1v) is 10.7. The molecule has 172 valence electrons. The van der Waals surface area contributed by atoms with E-state index in [0.717, 1.165) is 5.56 Å². The Morgan fingerprint density at radius 2 is 1.72 bits per heavy atom. The molecule has 0 bridgehead atoms. The van der Waals surface area contributed by atoms with Gasteiger partial charge in [-0.05, 0) is 31.9 Å². The van der Waals surface area contributed by atoms with Gasteiger partial charge in [0.2, 0.25) is 11.8 Å². The molecule has 1 N–H and O–H groups in total. The third-order valence-corrected chi connectivity index (χ3v) is 5.79. The van der Waals surface area contributed by atoms with Gasteiger partial charge in [-0.1, -0.05) is 31.1 Å². The lowest BCUT2D eigenvalue weighted by molar-refractivity contribution is -0.141. The lowest BCUT2D eigenvalue weighted by Crippen LogP contribution is -2.57. The van der Waals surface area contributed by atoms with Gasteiger partial charge in [-0.3, -0.25) is 14.4 Å². The van der Waals surface area contributed by atoms with Gasteiger partial charge in [0.25, 0.3) is 5.91 Å². The zero-order valence-corrected chi connectivity index (χ0v) is 18.9. The van der Waals surface area contributed by atoms with Gasteiger partial charge in [-0.2, -0.15) is 0 Å². The van der Waals surface area contributed by atoms with Crippen LogP contribution in [0.1, 0.15) is 41.2 Å². The number of rotatable bonds is 6. The van der Waals surface area contributed by atoms with Crippen molar-refractivity contribution in [3.63, 3.8) is 0 Å². The fourth-order valence-corrected chi connectivity index (χ4v) is 3.77. The number of carbonyl (C=O) groups is 3. The van der Waals surface area contributed by atoms with Crippen LogP contribution < -0.4 is 5.32 Å². The predicted octanol–water partition coefficient (Wildman–Crippen LogP) is 2.10. The number of carbonyl (C=O) groups excluding carboxylic acids is 3. The second kappa shape index (κ2) is 9.93. The largest absolute Gasteiger partial charge is 0.361 e. The topological polar surface area (TPSA) is 95.8 Å². The van der Waals surface area contributed by atoms with Gasteiger partial charge in [0, 0.05) is 31.7 Å². The first kappa shape index (κ1) is 23.4. The van der Waals surface area contributed by atoms with Gasteiger partial charge in [0.05, 0.1) is 17.7 Å². The lowest BCUT2D eigenvalue weighted by atomic mass is 10.0. The molecule has 1 aromatic carbocycles. The highest BCUT2D eigenvalue weighted by Gasteiger charge is 2.32. The van der Waals surface area contributed by atoms with Crippen LogP contribution in [0.3, 0.4) is 0 Å². The number of aryl methyl sites for hydroxylation is 2. The first-order valence-electron chi connectivity index (χ1n) is 10.7. The molecule has 2 heterocycles. The molecule has 0 radical (unpaired) electrons. The van der Waals surface area contributed by atoms with Crippen molar-refractivity contribution >= 4 is 17.7 Å². The fraction of sp³-hybridized carbons (Fsp3) is 0.478. The molecule has 1 atom stereocenters. The summed E-state index contributed by atoms with van der Waals surface area (Å²) in [5.74, 6) is -1.08. The van der Waals surface area contributed by atoms with Crippen LogP contribution in [-0.2, 0) is 16.0 Å². The monoisotopic (exact) mass is 444 g/mol. The molecule has 32 heavy (non-hydrogen) atoms. The molecule has 1 saturated heterocycles. The number of aromatic nitrogens is 1. The minimum atomic E-state index is -0.785. The van der Waals surface area contributed by atoms with Crippen LogP contribution in [-0.4, -0.2) is 64.9 Å². The average Bonchev–Trinajstić information content (AvgIpc) is 3.09. The van der Waals surface area contributed by atoms with E-state index in [1.807, 2.05) is 13.8 Å². The summed E-state index contributed by atoms with van der Waals surface area (Å²) in [7, 11) is 0. The number of nitrogens with one attached hydrogen (secondary N) is 1. The van der Waals surface area contributed by atoms with Crippen LogP contribution in [0.15, 0.2) is 28.8 Å². The minimum Gasteiger partial charge on any atom is -0.361 e. The predicted molar refractivity (Wildman–Crippen MR) is 115 cm³/mol. The summed E-state index contributed by atoms with van der Waals surface area (Å²) in [6, 6.07) is 4.88. The van der Waals surface area contributed by atoms with Gasteiger partial charge >= 0.3 is 0 Å². The van der Waals surface area contributed by atoms with Crippen molar-refractivity contribution in [2.24, 2.45) is 5.92 Å². The number of halogens is 1. The summed E-state index contributed by atoms with van der Waals surface area (Å²) in [4.78, 5) is 41.7. The SMILES string of the molecule is Cc1noc(C)c1CC(=O)N1CCN(C(=O)C(NC(=O)c2ccccc2F)C(C)C)CC1. The van der Waals surface area contributed by atoms with Crippen molar-refractivity contribution in [3.05, 3.63) is 52.7 Å². The minimum absolute atomic E-state index is 0.0419. The zero-order valence-electron chi connectivity index (χ0n) is 18.9. The number of benzene rings is 1. The lowest BCUT2D eigenvalue weighted by Gasteiger charge is -2.37. The standard InChI is InChI=1S/C23H29FN4O4/c1-14(2)21(25-22(30)17-7-5-6-8-19(17)24)23(31)28-11-9-27(10-12-28)20(29)13-18-15(3)26-32-16(18)4/h5-8,14,21H,9-13H2,1-4H3,(H,25,30). The van der Waals surface area contributed by atoms with E-state index in [0.29, 0.717) is 37.6 Å². The summed E-state index contributed by atoms with van der Waals surface area (Å²) in [6.45, 7) is 8.77. The van der Waals surface area contributed by atoms with E-state index >= 15 is 0 Å². The summed E-state index contributed by atoms with van der Waals surface area (Å²) in [6.07, 6.45) is 0.211. The van der Waals surface area contributed by atoms with Crippen LogP contribution in [0.4, 0.5) is 4.39 Å². The van der Waals surface area contributed by atoms with Gasteiger partial charge in [0.1, 0.15) is 17.6 Å². The normalized spacial score (nSPS) is 15.1. The quantitative estimate of drug-likeness (QED) is 0.736. The van der Waals surface area contributed by atoms with Crippen LogP contribution in [0, 0.1) is 25.6 Å². The van der Waals surface area contributed by atoms with Gasteiger partial charge in [0.15, 0.2) is 0 Å². The molecule has 2 aromatic rings. The summed E-state index contributed by atoms with van der Waals surface area (Å²) in [5.41, 5.74) is 1.40. The van der Waals surface area contributed by atoms with E-state index in [1.54, 1.807) is 29.7 Å². The fourth-order valence-electron chi connectivity index (χ4n) is 3.77. The Balaban J connectivity index is 1.59. The molecule has 1 aliphatic rings. The number of nitrogens with zero attached hydrogens (tertiary/aromatic N) is 3. The molecule has 0 aliphatic carbocycles. The van der Waals surface area contributed by atoms with Crippen molar-refractivity contribution in [3.8, 4) is 0 Å². The molecular formula is C23H29FN4O4. The molecule has 1 aromatic heterocycles. The summed E-state index contributed by atoms with van der Waals surface area (Å²) in [5, 5.41) is 6.56. The zero-order chi connectivity index (χ0) is 23.4. The van der Waals surface area contributed by atoms with Gasteiger partial charge in [-0.25, -0.2) is 4.39 Å². The summed E-state index contributed by atoms with van der Waals surface area (Å²) < 4.78 is 19.1. The molecule has 9 heteroatoms. The van der Waals surface area contributed by atoms with Crippen LogP contribution in [0.5, 0.6) is 0 Å². The van der Waals surface area contributed by atoms with E-state index in [9.17, 15) is 18.8 Å². The third kappa shape index (κ3) is 5.15. The maximum absolute atomic E-state index is 13.9. The number of piperazine rings is 1. The highest BCUT2D eigenvalue weighted by atomic mass is 19.1. The van der Waals surface area contributed by atoms with E-state index in [1.165, 1.54) is 18.2 Å². The van der Waals surface area contributed by atoms with Crippen LogP contribution >= 0.6 is 0 Å². The van der Waals surface area contributed by atoms with Crippen LogP contribution in [0.25, 0.3) is 0 Å². The molecule has 1 aliphatic heterocycles. The molecule has 1 fully saturated rings. The maximum atomic E-state index is 13.9. The molecule has 1 unspecified atom stereocenters. The van der Waals surface area contributed by atoms with E-state index in [-0.39, 0.29) is 29.7 Å². The first-order chi connectivity index (χ1) is 15.2. The highest BCUT2D eigenvalue weighted by molar-refractivity contribution is 5.97. The number of amides is 3. The Labute approximate surface area is 186 Å². The maximum Gasteiger partial charge on any atom is 0.254 e. The molecule has 3 rings (SSSR count). The molecule has 8 nitrogen and oxygen atoms in total. The van der Waals surface area contributed by atoms with Crippen molar-refractivity contribution in [2.75, 3.05) is 26.2 Å². The number of hydrogen-bond acceptors (Lipinski definition) is 5. The second-order valence-electron chi connectivity index (χ2n) is 8.36. The van der Waals surface area contributed by atoms with E-state index < -0.39 is 17.8 Å². The van der Waals surface area contributed by atoms with Gasteiger partial charge < -0.3 is 19.6 Å². The molecule has 3 amide bonds. The van der Waals surface area contributed by atoms with Crippen molar-refractivity contribution < 1.29 is 23.3 Å². The van der Waals surface area contributed by atoms with E-state index in [2.05, 4.69) is 10.5 Å². The second-order valence-corrected chi connectivity index (χ2v) is 8.36. The van der Waals surface area contributed by atoms with Crippen molar-refractivity contribution in [2.45, 2.75) is 40.2 Å².